The van der Waals surface area contributed by atoms with Gasteiger partial charge < -0.3 is 14.9 Å². The number of hydrogen-bond donors (Lipinski definition) is 2. The molecule has 5 heteroatoms. The van der Waals surface area contributed by atoms with Crippen LogP contribution < -0.4 is 0 Å². The molecule has 5 nitrogen and oxygen atoms in total. The Balaban J connectivity index is 4.39. The van der Waals surface area contributed by atoms with Crippen molar-refractivity contribution in [1.29, 1.82) is 0 Å². The van der Waals surface area contributed by atoms with E-state index in [1.165, 1.54) is 13.8 Å². The SMILES string of the molecule is CC(C)(O)O/C(C=O)=C\C(=O)O. The molecule has 68 valence electrons. The van der Waals surface area contributed by atoms with Crippen molar-refractivity contribution in [2.24, 2.45) is 0 Å². The minimum Gasteiger partial charge on any atom is -0.478 e. The number of rotatable bonds is 4. The Morgan fingerprint density at radius 2 is 2.00 bits per heavy atom. The topological polar surface area (TPSA) is 83.8 Å². The van der Waals surface area contributed by atoms with Crippen molar-refractivity contribution < 1.29 is 24.5 Å². The van der Waals surface area contributed by atoms with Crippen LogP contribution in [0.2, 0.25) is 0 Å². The Labute approximate surface area is 69.3 Å². The highest BCUT2D eigenvalue weighted by Gasteiger charge is 2.15. The van der Waals surface area contributed by atoms with E-state index in [2.05, 4.69) is 4.74 Å². The number of aliphatic hydroxyl groups is 1. The molecule has 0 saturated carbocycles. The summed E-state index contributed by atoms with van der Waals surface area (Å²) < 4.78 is 4.57. The summed E-state index contributed by atoms with van der Waals surface area (Å²) in [6.45, 7) is 2.57. The van der Waals surface area contributed by atoms with Gasteiger partial charge in [-0.15, -0.1) is 0 Å². The fourth-order valence-electron chi connectivity index (χ4n) is 0.498. The first-order chi connectivity index (χ1) is 5.35. The van der Waals surface area contributed by atoms with Gasteiger partial charge in [-0.25, -0.2) is 4.79 Å². The minimum atomic E-state index is -1.55. The molecule has 0 unspecified atom stereocenters. The van der Waals surface area contributed by atoms with Gasteiger partial charge in [-0.3, -0.25) is 4.79 Å². The van der Waals surface area contributed by atoms with E-state index in [4.69, 9.17) is 10.2 Å². The lowest BCUT2D eigenvalue weighted by atomic mass is 10.4. The molecule has 0 fully saturated rings. The van der Waals surface area contributed by atoms with Crippen molar-refractivity contribution in [3.8, 4) is 0 Å². The summed E-state index contributed by atoms with van der Waals surface area (Å²) in [5.41, 5.74) is 0. The van der Waals surface area contributed by atoms with Gasteiger partial charge in [0.15, 0.2) is 12.0 Å². The van der Waals surface area contributed by atoms with Crippen LogP contribution in [0.25, 0.3) is 0 Å². The van der Waals surface area contributed by atoms with Crippen molar-refractivity contribution >= 4 is 12.3 Å². The lowest BCUT2D eigenvalue weighted by Gasteiger charge is -2.18. The highest BCUT2D eigenvalue weighted by Crippen LogP contribution is 2.08. The van der Waals surface area contributed by atoms with Gasteiger partial charge in [0.25, 0.3) is 0 Å². The van der Waals surface area contributed by atoms with Crippen molar-refractivity contribution in [2.45, 2.75) is 19.6 Å². The molecule has 0 bridgehead atoms. The summed E-state index contributed by atoms with van der Waals surface area (Å²) in [5, 5.41) is 17.2. The molecule has 12 heavy (non-hydrogen) atoms. The Morgan fingerprint density at radius 3 is 2.25 bits per heavy atom. The first-order valence-electron chi connectivity index (χ1n) is 3.16. The van der Waals surface area contributed by atoms with E-state index in [9.17, 15) is 9.59 Å². The number of carbonyl (C=O) groups excluding carboxylic acids is 1. The largest absolute Gasteiger partial charge is 0.478 e. The van der Waals surface area contributed by atoms with Crippen molar-refractivity contribution in [1.82, 2.24) is 0 Å². The van der Waals surface area contributed by atoms with Crippen LogP contribution in [0.15, 0.2) is 11.8 Å². The summed E-state index contributed by atoms with van der Waals surface area (Å²) in [6, 6.07) is 0. The second-order valence-corrected chi connectivity index (χ2v) is 2.55. The number of aldehydes is 1. The number of ether oxygens (including phenoxy) is 1. The monoisotopic (exact) mass is 174 g/mol. The van der Waals surface area contributed by atoms with Gasteiger partial charge in [0.05, 0.1) is 6.08 Å². The molecular formula is C7H10O5. The van der Waals surface area contributed by atoms with E-state index in [1.54, 1.807) is 0 Å². The molecule has 0 atom stereocenters. The lowest BCUT2D eigenvalue weighted by molar-refractivity contribution is -0.153. The van der Waals surface area contributed by atoms with Crippen LogP contribution in [0.1, 0.15) is 13.8 Å². The Kier molecular flexibility index (Phi) is 3.43. The molecule has 0 aromatic heterocycles. The van der Waals surface area contributed by atoms with Gasteiger partial charge in [-0.1, -0.05) is 0 Å². The third kappa shape index (κ3) is 5.43. The molecular weight excluding hydrogens is 164 g/mol. The fourth-order valence-corrected chi connectivity index (χ4v) is 0.498. The molecule has 0 spiro atoms. The summed E-state index contributed by atoms with van der Waals surface area (Å²) in [5.74, 6) is -3.28. The van der Waals surface area contributed by atoms with Crippen LogP contribution in [0.5, 0.6) is 0 Å². The van der Waals surface area contributed by atoms with Crippen molar-refractivity contribution in [3.63, 3.8) is 0 Å². The summed E-state index contributed by atoms with van der Waals surface area (Å²) in [4.78, 5) is 20.2. The Hall–Kier alpha value is -1.36. The number of carboxylic acids is 1. The third-order valence-corrected chi connectivity index (χ3v) is 0.750. The molecule has 0 amide bonds. The van der Waals surface area contributed by atoms with E-state index in [0.29, 0.717) is 6.08 Å². The smallest absolute Gasteiger partial charge is 0.332 e. The molecule has 0 saturated heterocycles. The van der Waals surface area contributed by atoms with Crippen LogP contribution in [-0.2, 0) is 14.3 Å². The predicted octanol–water partition coefficient (Wildman–Crippen LogP) is -0.101. The van der Waals surface area contributed by atoms with E-state index in [1.807, 2.05) is 0 Å². The average molecular weight is 174 g/mol. The molecule has 0 aliphatic carbocycles. The van der Waals surface area contributed by atoms with Crippen LogP contribution in [0, 0.1) is 0 Å². The molecule has 0 aliphatic heterocycles. The van der Waals surface area contributed by atoms with Gasteiger partial charge in [-0.2, -0.15) is 0 Å². The molecule has 0 radical (unpaired) electrons. The summed E-state index contributed by atoms with van der Waals surface area (Å²) in [6.07, 6.45) is 0.789. The molecule has 0 heterocycles. The van der Waals surface area contributed by atoms with Crippen LogP contribution in [0.3, 0.4) is 0 Å². The van der Waals surface area contributed by atoms with Gasteiger partial charge in [0, 0.05) is 13.8 Å². The molecule has 0 rings (SSSR count). The second-order valence-electron chi connectivity index (χ2n) is 2.55. The maximum Gasteiger partial charge on any atom is 0.332 e. The first kappa shape index (κ1) is 10.6. The maximum atomic E-state index is 10.2. The quantitative estimate of drug-likeness (QED) is 0.269. The van der Waals surface area contributed by atoms with Crippen molar-refractivity contribution in [2.75, 3.05) is 0 Å². The Morgan fingerprint density at radius 1 is 1.50 bits per heavy atom. The van der Waals surface area contributed by atoms with Crippen molar-refractivity contribution in [3.05, 3.63) is 11.8 Å². The zero-order chi connectivity index (χ0) is 9.78. The number of carboxylic acid groups (broad SMARTS) is 1. The van der Waals surface area contributed by atoms with E-state index >= 15 is 0 Å². The first-order valence-corrected chi connectivity index (χ1v) is 3.16. The third-order valence-electron chi connectivity index (χ3n) is 0.750. The molecule has 0 aliphatic rings. The van der Waals surface area contributed by atoms with Gasteiger partial charge in [-0.05, 0) is 0 Å². The number of hydrogen-bond acceptors (Lipinski definition) is 4. The molecule has 0 aromatic carbocycles. The van der Waals surface area contributed by atoms with Crippen LogP contribution in [-0.4, -0.2) is 28.3 Å². The maximum absolute atomic E-state index is 10.2. The molecule has 2 N–H and O–H groups in total. The van der Waals surface area contributed by atoms with Gasteiger partial charge in [0.2, 0.25) is 5.79 Å². The standard InChI is InChI=1S/C7H10O5/c1-7(2,11)12-5(4-8)3-6(9)10/h3-4,11H,1-2H3,(H,9,10)/b5-3-. The van der Waals surface area contributed by atoms with Crippen LogP contribution in [0.4, 0.5) is 0 Å². The number of allylic oxidation sites excluding steroid dienone is 1. The highest BCUT2D eigenvalue weighted by molar-refractivity contribution is 5.87. The number of aliphatic carboxylic acids is 1. The van der Waals surface area contributed by atoms with E-state index in [0.717, 1.165) is 0 Å². The second kappa shape index (κ2) is 3.87. The summed E-state index contributed by atoms with van der Waals surface area (Å²) in [7, 11) is 0. The van der Waals surface area contributed by atoms with Crippen LogP contribution >= 0.6 is 0 Å². The fraction of sp³-hybridized carbons (Fsp3) is 0.429. The number of carbonyl (C=O) groups is 2. The van der Waals surface area contributed by atoms with E-state index in [-0.39, 0.29) is 6.29 Å². The average Bonchev–Trinajstić information content (AvgIpc) is 1.82. The predicted molar refractivity (Wildman–Crippen MR) is 39.2 cm³/mol. The van der Waals surface area contributed by atoms with Gasteiger partial charge >= 0.3 is 5.97 Å². The summed E-state index contributed by atoms with van der Waals surface area (Å²) >= 11 is 0. The molecule has 0 aromatic rings. The lowest BCUT2D eigenvalue weighted by Crippen LogP contribution is -2.23. The van der Waals surface area contributed by atoms with Gasteiger partial charge in [0.1, 0.15) is 0 Å². The zero-order valence-corrected chi connectivity index (χ0v) is 6.77. The minimum absolute atomic E-state index is 0.214. The normalized spacial score (nSPS) is 12.4. The van der Waals surface area contributed by atoms with E-state index < -0.39 is 17.5 Å². The highest BCUT2D eigenvalue weighted by atomic mass is 16.6. The Bertz CT molecular complexity index is 210. The zero-order valence-electron chi connectivity index (χ0n) is 6.77.